The number of rotatable bonds is 4. The third-order valence-corrected chi connectivity index (χ3v) is 3.60. The average Bonchev–Trinajstić information content (AvgIpc) is 2.99. The highest BCUT2D eigenvalue weighted by Crippen LogP contribution is 2.27. The van der Waals surface area contributed by atoms with Gasteiger partial charge in [-0.25, -0.2) is 4.57 Å². The summed E-state index contributed by atoms with van der Waals surface area (Å²) in [4.78, 5) is 15.9. The molecular formula is C17H17N4O+. The average molecular weight is 293 g/mol. The molecule has 2 heterocycles. The molecule has 0 atom stereocenters. The van der Waals surface area contributed by atoms with Crippen molar-refractivity contribution in [2.24, 2.45) is 5.10 Å². The van der Waals surface area contributed by atoms with Crippen molar-refractivity contribution in [3.8, 4) is 0 Å². The molecule has 110 valence electrons. The van der Waals surface area contributed by atoms with Gasteiger partial charge >= 0.3 is 0 Å². The molecule has 1 aromatic carbocycles. The Morgan fingerprint density at radius 3 is 2.91 bits per heavy atom. The topological polar surface area (TPSA) is 52.3 Å². The number of aromatic amines is 1. The number of aromatic nitrogens is 2. The predicted molar refractivity (Wildman–Crippen MR) is 87.0 cm³/mol. The summed E-state index contributed by atoms with van der Waals surface area (Å²) in [7, 11) is 0. The number of carbonyl (C=O) groups is 1. The maximum Gasteiger partial charge on any atom is 0.284 e. The summed E-state index contributed by atoms with van der Waals surface area (Å²) < 4.78 is 1.95. The Bertz CT molecular complexity index is 837. The van der Waals surface area contributed by atoms with E-state index in [1.807, 2.05) is 54.2 Å². The molecule has 3 aromatic rings. The highest BCUT2D eigenvalue weighted by molar-refractivity contribution is 6.10. The van der Waals surface area contributed by atoms with Crippen molar-refractivity contribution in [2.45, 2.75) is 13.5 Å². The number of nitrogens with one attached hydrogen (secondary N) is 1. The van der Waals surface area contributed by atoms with Crippen molar-refractivity contribution in [3.05, 3.63) is 60.6 Å². The molecule has 0 unspecified atom stereocenters. The van der Waals surface area contributed by atoms with Gasteiger partial charge in [-0.1, -0.05) is 18.2 Å². The Labute approximate surface area is 128 Å². The Kier molecular flexibility index (Phi) is 3.70. The van der Waals surface area contributed by atoms with Crippen LogP contribution in [0.2, 0.25) is 0 Å². The van der Waals surface area contributed by atoms with E-state index in [2.05, 4.69) is 16.8 Å². The predicted octanol–water partition coefficient (Wildman–Crippen LogP) is 2.74. The van der Waals surface area contributed by atoms with Crippen LogP contribution < -0.4 is 9.58 Å². The van der Waals surface area contributed by atoms with Gasteiger partial charge in [-0.2, -0.15) is 10.1 Å². The third kappa shape index (κ3) is 2.37. The number of fused-ring (bicyclic) bond motifs is 1. The van der Waals surface area contributed by atoms with Gasteiger partial charge in [0.1, 0.15) is 12.1 Å². The van der Waals surface area contributed by atoms with E-state index >= 15 is 0 Å². The van der Waals surface area contributed by atoms with Crippen molar-refractivity contribution < 1.29 is 9.36 Å². The number of hydrazone groups is 1. The molecule has 22 heavy (non-hydrogen) atoms. The number of amides is 1. The maximum absolute atomic E-state index is 12.8. The van der Waals surface area contributed by atoms with Crippen LogP contribution in [0, 0.1) is 0 Å². The SMILES string of the molecule is C=NN(C(=O)c1ccc[n+](CC)c1)c1c[nH]c2ccccc12. The van der Waals surface area contributed by atoms with E-state index in [-0.39, 0.29) is 5.91 Å². The zero-order chi connectivity index (χ0) is 15.5. The molecule has 5 nitrogen and oxygen atoms in total. The van der Waals surface area contributed by atoms with Crippen LogP contribution in [-0.2, 0) is 6.54 Å². The van der Waals surface area contributed by atoms with Gasteiger partial charge in [0.25, 0.3) is 5.91 Å². The minimum atomic E-state index is -0.206. The van der Waals surface area contributed by atoms with E-state index in [9.17, 15) is 4.79 Å². The van der Waals surface area contributed by atoms with Crippen LogP contribution in [0.25, 0.3) is 10.9 Å². The minimum Gasteiger partial charge on any atom is -0.359 e. The van der Waals surface area contributed by atoms with Gasteiger partial charge in [-0.05, 0) is 19.1 Å². The molecule has 0 spiro atoms. The standard InChI is InChI=1S/C17H17N4O/c1-3-20-10-6-7-13(12-20)17(22)21(18-2)16-11-19-15-9-5-4-8-14(15)16/h4-12,19H,2-3H2,1H3/q+1. The van der Waals surface area contributed by atoms with Crippen molar-refractivity contribution in [1.29, 1.82) is 0 Å². The fourth-order valence-corrected chi connectivity index (χ4v) is 2.45. The number of carbonyl (C=O) groups excluding carboxylic acids is 1. The van der Waals surface area contributed by atoms with E-state index in [4.69, 9.17) is 0 Å². The van der Waals surface area contributed by atoms with Crippen LogP contribution in [0.4, 0.5) is 5.69 Å². The van der Waals surface area contributed by atoms with Crippen LogP contribution >= 0.6 is 0 Å². The van der Waals surface area contributed by atoms with E-state index < -0.39 is 0 Å². The zero-order valence-electron chi connectivity index (χ0n) is 12.4. The van der Waals surface area contributed by atoms with E-state index in [0.29, 0.717) is 11.3 Å². The molecule has 0 radical (unpaired) electrons. The zero-order valence-corrected chi connectivity index (χ0v) is 12.4. The quantitative estimate of drug-likeness (QED) is 0.449. The Morgan fingerprint density at radius 2 is 2.14 bits per heavy atom. The lowest BCUT2D eigenvalue weighted by Crippen LogP contribution is -2.34. The summed E-state index contributed by atoms with van der Waals surface area (Å²) in [5.41, 5.74) is 2.22. The third-order valence-electron chi connectivity index (χ3n) is 3.60. The number of aryl methyl sites for hydroxylation is 1. The van der Waals surface area contributed by atoms with Crippen LogP contribution in [0.1, 0.15) is 17.3 Å². The molecule has 0 saturated heterocycles. The normalized spacial score (nSPS) is 10.6. The lowest BCUT2D eigenvalue weighted by molar-refractivity contribution is -0.693. The number of para-hydroxylation sites is 1. The number of benzene rings is 1. The lowest BCUT2D eigenvalue weighted by Gasteiger charge is -2.15. The second kappa shape index (κ2) is 5.81. The molecule has 5 heteroatoms. The molecule has 0 aliphatic heterocycles. The maximum atomic E-state index is 12.8. The molecule has 0 aliphatic rings. The van der Waals surface area contributed by atoms with E-state index in [1.165, 1.54) is 5.01 Å². The van der Waals surface area contributed by atoms with Crippen LogP contribution in [-0.4, -0.2) is 17.6 Å². The molecule has 2 aromatic heterocycles. The fourth-order valence-electron chi connectivity index (χ4n) is 2.45. The minimum absolute atomic E-state index is 0.206. The Morgan fingerprint density at radius 1 is 1.32 bits per heavy atom. The molecular weight excluding hydrogens is 276 g/mol. The van der Waals surface area contributed by atoms with Gasteiger partial charge in [0, 0.05) is 29.9 Å². The summed E-state index contributed by atoms with van der Waals surface area (Å²) in [5.74, 6) is -0.206. The molecule has 0 saturated carbocycles. The highest BCUT2D eigenvalue weighted by atomic mass is 16.2. The number of H-pyrrole nitrogens is 1. The molecule has 3 rings (SSSR count). The van der Waals surface area contributed by atoms with Gasteiger partial charge in [-0.3, -0.25) is 4.79 Å². The monoisotopic (exact) mass is 293 g/mol. The van der Waals surface area contributed by atoms with Crippen molar-refractivity contribution >= 4 is 29.2 Å². The van der Waals surface area contributed by atoms with Crippen molar-refractivity contribution in [1.82, 2.24) is 4.98 Å². The Balaban J connectivity index is 2.03. The number of pyridine rings is 1. The van der Waals surface area contributed by atoms with Crippen molar-refractivity contribution in [2.75, 3.05) is 5.01 Å². The number of nitrogens with zero attached hydrogens (tertiary/aromatic N) is 3. The first-order valence-corrected chi connectivity index (χ1v) is 7.11. The first kappa shape index (κ1) is 14.0. The summed E-state index contributed by atoms with van der Waals surface area (Å²) in [6.45, 7) is 6.37. The van der Waals surface area contributed by atoms with E-state index in [1.54, 1.807) is 12.3 Å². The summed E-state index contributed by atoms with van der Waals surface area (Å²) in [6.07, 6.45) is 5.51. The van der Waals surface area contributed by atoms with Crippen LogP contribution in [0.3, 0.4) is 0 Å². The van der Waals surface area contributed by atoms with E-state index in [0.717, 1.165) is 17.4 Å². The molecule has 0 bridgehead atoms. The molecule has 1 amide bonds. The highest BCUT2D eigenvalue weighted by Gasteiger charge is 2.21. The van der Waals surface area contributed by atoms with Crippen molar-refractivity contribution in [3.63, 3.8) is 0 Å². The van der Waals surface area contributed by atoms with Gasteiger partial charge < -0.3 is 4.98 Å². The first-order chi connectivity index (χ1) is 10.7. The smallest absolute Gasteiger partial charge is 0.284 e. The number of hydrogen-bond acceptors (Lipinski definition) is 2. The second-order valence-electron chi connectivity index (χ2n) is 4.90. The van der Waals surface area contributed by atoms with Gasteiger partial charge in [0.05, 0.1) is 5.69 Å². The number of hydrogen-bond donors (Lipinski definition) is 1. The van der Waals surface area contributed by atoms with Gasteiger partial charge in [-0.15, -0.1) is 0 Å². The fraction of sp³-hybridized carbons (Fsp3) is 0.118. The first-order valence-electron chi connectivity index (χ1n) is 7.11. The van der Waals surface area contributed by atoms with Crippen LogP contribution in [0.15, 0.2) is 60.1 Å². The molecule has 0 aliphatic carbocycles. The Hall–Kier alpha value is -2.95. The lowest BCUT2D eigenvalue weighted by atomic mass is 10.2. The van der Waals surface area contributed by atoms with Gasteiger partial charge in [0.2, 0.25) is 0 Å². The largest absolute Gasteiger partial charge is 0.359 e. The van der Waals surface area contributed by atoms with Crippen LogP contribution in [0.5, 0.6) is 0 Å². The summed E-state index contributed by atoms with van der Waals surface area (Å²) in [6, 6.07) is 11.4. The summed E-state index contributed by atoms with van der Waals surface area (Å²) >= 11 is 0. The molecule has 0 fully saturated rings. The number of anilines is 1. The van der Waals surface area contributed by atoms with Gasteiger partial charge in [0.15, 0.2) is 12.4 Å². The second-order valence-corrected chi connectivity index (χ2v) is 4.90. The summed E-state index contributed by atoms with van der Waals surface area (Å²) in [5, 5.41) is 6.18. The molecule has 1 N–H and O–H groups in total.